The number of nitrogens with zero attached hydrogens (tertiary/aromatic N) is 6. The summed E-state index contributed by atoms with van der Waals surface area (Å²) >= 11 is 3.10. The summed E-state index contributed by atoms with van der Waals surface area (Å²) in [5, 5.41) is 9.71. The Labute approximate surface area is 286 Å². The van der Waals surface area contributed by atoms with E-state index in [9.17, 15) is 4.79 Å². The second-order valence-corrected chi connectivity index (χ2v) is 20.9. The number of hydrogen-bond donors (Lipinski definition) is 0. The molecule has 0 N–H and O–H groups in total. The van der Waals surface area contributed by atoms with Gasteiger partial charge in [0.25, 0.3) is 0 Å². The minimum Gasteiger partial charge on any atom is -0.461 e. The second kappa shape index (κ2) is 16.4. The highest BCUT2D eigenvalue weighted by molar-refractivity contribution is 7.16. The predicted molar refractivity (Wildman–Crippen MR) is 193 cm³/mol. The Kier molecular flexibility index (Phi) is 12.3. The van der Waals surface area contributed by atoms with E-state index >= 15 is 0 Å². The lowest BCUT2D eigenvalue weighted by atomic mass is 9.98. The molecule has 0 bridgehead atoms. The normalized spacial score (nSPS) is 14.6. The van der Waals surface area contributed by atoms with Gasteiger partial charge in [-0.3, -0.25) is 4.57 Å². The molecule has 1 aliphatic carbocycles. The predicted octanol–water partition coefficient (Wildman–Crippen LogP) is 8.03. The molecule has 1 aromatic carbocycles. The van der Waals surface area contributed by atoms with E-state index in [-0.39, 0.29) is 0 Å². The van der Waals surface area contributed by atoms with Gasteiger partial charge in [-0.25, -0.2) is 9.78 Å². The van der Waals surface area contributed by atoms with Crippen molar-refractivity contribution >= 4 is 63.7 Å². The average Bonchev–Trinajstić information content (AvgIpc) is 3.63. The number of fused-ring (bicyclic) bond motifs is 1. The number of aryl methyl sites for hydroxylation is 2. The van der Waals surface area contributed by atoms with Gasteiger partial charge >= 0.3 is 5.97 Å². The molecule has 0 saturated heterocycles. The van der Waals surface area contributed by atoms with E-state index in [0.29, 0.717) is 54.9 Å². The van der Waals surface area contributed by atoms with Crippen molar-refractivity contribution in [3.8, 4) is 0 Å². The van der Waals surface area contributed by atoms with E-state index in [1.165, 1.54) is 30.6 Å². The number of hydrogen-bond acceptors (Lipinski definition) is 11. The van der Waals surface area contributed by atoms with Crippen LogP contribution in [-0.2, 0) is 27.4 Å². The molecule has 0 amide bonds. The van der Waals surface area contributed by atoms with Crippen LogP contribution in [-0.4, -0.2) is 66.8 Å². The summed E-state index contributed by atoms with van der Waals surface area (Å²) in [6.07, 6.45) is 7.99. The number of benzene rings is 1. The van der Waals surface area contributed by atoms with Crippen LogP contribution in [0.4, 0.5) is 16.8 Å². The van der Waals surface area contributed by atoms with Crippen LogP contribution in [0.5, 0.6) is 0 Å². The molecule has 0 atom stereocenters. The van der Waals surface area contributed by atoms with Crippen LogP contribution in [0.1, 0.15) is 66.4 Å². The van der Waals surface area contributed by atoms with Crippen molar-refractivity contribution < 1.29 is 19.0 Å². The third-order valence-corrected chi connectivity index (χ3v) is 12.1. The van der Waals surface area contributed by atoms with Crippen molar-refractivity contribution in [2.45, 2.75) is 97.3 Å². The van der Waals surface area contributed by atoms with E-state index in [1.807, 2.05) is 44.0 Å². The number of para-hydroxylation sites is 1. The lowest BCUT2D eigenvalue weighted by molar-refractivity contribution is 0.0272. The first kappa shape index (κ1) is 35.3. The van der Waals surface area contributed by atoms with Gasteiger partial charge in [0, 0.05) is 33.2 Å². The first-order valence-corrected chi connectivity index (χ1v) is 22.0. The number of rotatable bonds is 15. The zero-order valence-electron chi connectivity index (χ0n) is 28.6. The van der Waals surface area contributed by atoms with Gasteiger partial charge in [-0.15, -0.1) is 21.5 Å². The summed E-state index contributed by atoms with van der Waals surface area (Å²) in [4.78, 5) is 26.1. The molecule has 5 rings (SSSR count). The minimum atomic E-state index is -1.19. The Morgan fingerprint density at radius 1 is 1.11 bits per heavy atom. The molecule has 13 heteroatoms. The van der Waals surface area contributed by atoms with Gasteiger partial charge in [0.15, 0.2) is 27.3 Å². The van der Waals surface area contributed by atoms with Gasteiger partial charge in [-0.1, -0.05) is 62.4 Å². The quantitative estimate of drug-likeness (QED) is 0.0699. The van der Waals surface area contributed by atoms with Crippen molar-refractivity contribution in [3.63, 3.8) is 0 Å². The molecule has 1 aliphatic rings. The number of thiazole rings is 2. The van der Waals surface area contributed by atoms with Crippen LogP contribution < -0.4 is 9.70 Å². The summed E-state index contributed by atoms with van der Waals surface area (Å²) < 4.78 is 20.8. The lowest BCUT2D eigenvalue weighted by Gasteiger charge is -2.21. The monoisotopic (exact) mass is 696 g/mol. The molecule has 4 aromatic rings. The van der Waals surface area contributed by atoms with Gasteiger partial charge in [-0.05, 0) is 69.3 Å². The number of carbonyl (C=O) groups excluding carboxylic acids is 1. The van der Waals surface area contributed by atoms with E-state index in [1.54, 1.807) is 11.3 Å². The third kappa shape index (κ3) is 9.56. The second-order valence-electron chi connectivity index (χ2n) is 13.2. The molecular weight excluding hydrogens is 649 g/mol. The Bertz CT molecular complexity index is 1710. The smallest absolute Gasteiger partial charge is 0.358 e. The molecule has 0 spiro atoms. The van der Waals surface area contributed by atoms with E-state index < -0.39 is 14.0 Å². The van der Waals surface area contributed by atoms with E-state index in [4.69, 9.17) is 24.2 Å². The fourth-order valence-electron chi connectivity index (χ4n) is 5.42. The summed E-state index contributed by atoms with van der Waals surface area (Å²) in [5.74, 6) is 0.773. The number of esters is 1. The topological polar surface area (TPSA) is 104 Å². The van der Waals surface area contributed by atoms with E-state index in [2.05, 4.69) is 46.5 Å². The number of anilines is 2. The minimum absolute atomic E-state index is 0.297. The van der Waals surface area contributed by atoms with Crippen LogP contribution in [0.25, 0.3) is 10.2 Å². The van der Waals surface area contributed by atoms with Crippen LogP contribution in [0, 0.1) is 6.92 Å². The zero-order valence-corrected chi connectivity index (χ0v) is 31.2. The van der Waals surface area contributed by atoms with Gasteiger partial charge < -0.3 is 19.1 Å². The Morgan fingerprint density at radius 3 is 2.64 bits per heavy atom. The maximum Gasteiger partial charge on any atom is 0.358 e. The molecule has 3 aromatic heterocycles. The van der Waals surface area contributed by atoms with Gasteiger partial charge in [0.1, 0.15) is 6.73 Å². The van der Waals surface area contributed by atoms with Crippen molar-refractivity contribution in [2.24, 2.45) is 4.99 Å². The largest absolute Gasteiger partial charge is 0.461 e. The van der Waals surface area contributed by atoms with Gasteiger partial charge in [0.05, 0.1) is 22.9 Å². The standard InChI is InChI=1S/C34H48N6O4S2Si/c1-7-43-32(41)30-28(18-13-19-44-25-14-9-8-10-15-25)46-33(35-30)39(3)29-22-24(2)31(38-37-29)36-34-40(23-42-20-21-47(4,5)6)26-16-11-12-17-27(26)45-34/h11-12,16-17,22,25H,7-10,13-15,18-21,23H2,1-6H3. The van der Waals surface area contributed by atoms with Crippen LogP contribution >= 0.6 is 22.7 Å². The van der Waals surface area contributed by atoms with Crippen molar-refractivity contribution in [1.29, 1.82) is 0 Å². The fraction of sp³-hybridized carbons (Fsp3) is 0.559. The first-order chi connectivity index (χ1) is 22.6. The molecule has 0 aliphatic heterocycles. The summed E-state index contributed by atoms with van der Waals surface area (Å²) in [6.45, 7) is 13.0. The molecule has 1 saturated carbocycles. The molecule has 3 heterocycles. The van der Waals surface area contributed by atoms with Crippen molar-refractivity contribution in [1.82, 2.24) is 19.7 Å². The molecule has 0 radical (unpaired) electrons. The Balaban J connectivity index is 1.33. The maximum absolute atomic E-state index is 12.8. The highest BCUT2D eigenvalue weighted by Crippen LogP contribution is 2.32. The number of aromatic nitrogens is 4. The highest BCUT2D eigenvalue weighted by Gasteiger charge is 2.23. The highest BCUT2D eigenvalue weighted by atomic mass is 32.1. The van der Waals surface area contributed by atoms with Gasteiger partial charge in [0.2, 0.25) is 0 Å². The number of ether oxygens (including phenoxy) is 3. The van der Waals surface area contributed by atoms with Crippen molar-refractivity contribution in [3.05, 3.63) is 51.3 Å². The number of carbonyl (C=O) groups is 1. The van der Waals surface area contributed by atoms with Gasteiger partial charge in [-0.2, -0.15) is 4.99 Å². The Morgan fingerprint density at radius 2 is 1.89 bits per heavy atom. The zero-order chi connectivity index (χ0) is 33.4. The molecule has 10 nitrogen and oxygen atoms in total. The molecular formula is C34H48N6O4S2Si. The third-order valence-electron chi connectivity index (χ3n) is 8.19. The first-order valence-electron chi connectivity index (χ1n) is 16.7. The maximum atomic E-state index is 12.8. The molecule has 254 valence electrons. The van der Waals surface area contributed by atoms with Crippen LogP contribution in [0.2, 0.25) is 25.7 Å². The summed E-state index contributed by atoms with van der Waals surface area (Å²) in [5.41, 5.74) is 2.34. The van der Waals surface area contributed by atoms with Crippen LogP contribution in [0.15, 0.2) is 35.3 Å². The molecule has 47 heavy (non-hydrogen) atoms. The summed E-state index contributed by atoms with van der Waals surface area (Å²) in [7, 11) is 0.702. The van der Waals surface area contributed by atoms with Crippen LogP contribution in [0.3, 0.4) is 0 Å². The molecule has 0 unspecified atom stereocenters. The molecule has 1 fully saturated rings. The van der Waals surface area contributed by atoms with Crippen molar-refractivity contribution in [2.75, 3.05) is 31.8 Å². The average molecular weight is 697 g/mol. The summed E-state index contributed by atoms with van der Waals surface area (Å²) in [6, 6.07) is 11.3. The van der Waals surface area contributed by atoms with E-state index in [0.717, 1.165) is 57.4 Å². The SMILES string of the molecule is CCOC(=O)c1nc(N(C)c2cc(C)c(N=c3sc4ccccc4n3COCC[Si](C)(C)C)nn2)sc1CCCOC1CCCCC1. The lowest BCUT2D eigenvalue weighted by Crippen LogP contribution is -2.23. The fourth-order valence-corrected chi connectivity index (χ4v) is 8.25. The Hall–Kier alpha value is -2.97.